The van der Waals surface area contributed by atoms with Gasteiger partial charge in [0.25, 0.3) is 0 Å². The molecule has 2 aliphatic rings. The van der Waals surface area contributed by atoms with Crippen LogP contribution in [0.2, 0.25) is 0 Å². The second-order valence-electron chi connectivity index (χ2n) is 12.4. The first kappa shape index (κ1) is 36.5. The molecule has 2 aromatic carbocycles. The first-order valence-electron chi connectivity index (χ1n) is 14.3. The molecule has 0 spiro atoms. The summed E-state index contributed by atoms with van der Waals surface area (Å²) in [5, 5.41) is 2.41. The van der Waals surface area contributed by atoms with Crippen molar-refractivity contribution in [3.63, 3.8) is 0 Å². The first-order chi connectivity index (χ1) is 19.4. The van der Waals surface area contributed by atoms with Gasteiger partial charge in [0.1, 0.15) is 12.0 Å². The van der Waals surface area contributed by atoms with Crippen LogP contribution in [0, 0.1) is 73.8 Å². The molecule has 0 atom stereocenters. The van der Waals surface area contributed by atoms with Crippen LogP contribution in [0.5, 0.6) is 0 Å². The number of carbonyl (C=O) groups excluding carboxylic acids is 1. The average molecular weight is 621 g/mol. The van der Waals surface area contributed by atoms with Crippen molar-refractivity contribution >= 4 is 24.5 Å². The summed E-state index contributed by atoms with van der Waals surface area (Å²) >= 11 is 0. The zero-order valence-corrected chi connectivity index (χ0v) is 27.9. The molecule has 2 nitrogen and oxygen atoms in total. The van der Waals surface area contributed by atoms with Crippen LogP contribution in [0.25, 0.3) is 0 Å². The molecular formula is C38H45FeO2P. The number of benzene rings is 2. The molecule has 0 bridgehead atoms. The van der Waals surface area contributed by atoms with Gasteiger partial charge in [-0.25, -0.2) is 0 Å². The van der Waals surface area contributed by atoms with Gasteiger partial charge in [0, 0.05) is 35.6 Å². The number of rotatable bonds is 9. The van der Waals surface area contributed by atoms with Crippen LogP contribution in [0.3, 0.4) is 0 Å². The minimum Gasteiger partial charge on any atom is -0.461 e. The Morgan fingerprint density at radius 2 is 1.10 bits per heavy atom. The summed E-state index contributed by atoms with van der Waals surface area (Å²) in [5.74, 6) is 0.365. The predicted molar refractivity (Wildman–Crippen MR) is 176 cm³/mol. The van der Waals surface area contributed by atoms with Crippen molar-refractivity contribution < 1.29 is 26.6 Å². The molecule has 0 heterocycles. The smallest absolute Gasteiger partial charge is 0.314 e. The van der Waals surface area contributed by atoms with Crippen molar-refractivity contribution in [3.8, 4) is 0 Å². The third-order valence-corrected chi connectivity index (χ3v) is 9.68. The Morgan fingerprint density at radius 1 is 0.690 bits per heavy atom. The molecule has 2 aliphatic carbocycles. The Kier molecular flexibility index (Phi) is 14.8. The third kappa shape index (κ3) is 11.1. The second-order valence-corrected chi connectivity index (χ2v) is 14.6. The molecule has 0 aliphatic heterocycles. The van der Waals surface area contributed by atoms with E-state index in [-0.39, 0.29) is 40.0 Å². The minimum absolute atomic E-state index is 0. The number of hydrogen-bond donors (Lipinski definition) is 0. The van der Waals surface area contributed by atoms with Crippen LogP contribution < -0.4 is 10.6 Å². The van der Waals surface area contributed by atoms with E-state index in [1.807, 2.05) is 57.1 Å². The number of carbonyl (C=O) groups is 1. The second kappa shape index (κ2) is 17.0. The quantitative estimate of drug-likeness (QED) is 0.121. The Labute approximate surface area is 269 Å². The summed E-state index contributed by atoms with van der Waals surface area (Å²) in [7, 11) is -0.894. The summed E-state index contributed by atoms with van der Waals surface area (Å²) in [4.78, 5) is 13.7. The molecule has 42 heavy (non-hydrogen) atoms. The van der Waals surface area contributed by atoms with Crippen LogP contribution in [-0.2, 0) is 26.6 Å². The standard InChI is InChI=1S/C33H40O2P.C5H5.Fe/c1-24(32(3,4)5)22-26(23-25(2)33(6,7)8)35-31(34)29-20-15-21-30(29)36(27-16-11-9-12-17-27)28-18-13-10-14-19-28;1-2-4-5-3-1;/h9-21,26H,1-2,22-23H2,3-8H3;1-5H;. The average Bonchev–Trinajstić information content (AvgIpc) is 3.65. The molecule has 0 saturated heterocycles. The molecule has 4 rings (SSSR count). The van der Waals surface area contributed by atoms with Crippen molar-refractivity contribution in [2.45, 2.75) is 60.5 Å². The Bertz CT molecular complexity index is 1030. The van der Waals surface area contributed by atoms with E-state index in [2.05, 4.69) is 110 Å². The van der Waals surface area contributed by atoms with Crippen LogP contribution in [0.15, 0.2) is 85.0 Å². The third-order valence-electron chi connectivity index (χ3n) is 7.18. The summed E-state index contributed by atoms with van der Waals surface area (Å²) in [5.41, 5.74) is 3.04. The molecule has 4 heteroatoms. The van der Waals surface area contributed by atoms with Crippen molar-refractivity contribution in [2.24, 2.45) is 10.8 Å². The van der Waals surface area contributed by atoms with E-state index in [0.717, 1.165) is 16.8 Å². The molecule has 2 saturated carbocycles. The summed E-state index contributed by atoms with van der Waals surface area (Å²) in [6, 6.07) is 20.8. The largest absolute Gasteiger partial charge is 0.461 e. The number of esters is 1. The van der Waals surface area contributed by atoms with Gasteiger partial charge in [-0.2, -0.15) is 0 Å². The van der Waals surface area contributed by atoms with Gasteiger partial charge in [-0.1, -0.05) is 127 Å². The van der Waals surface area contributed by atoms with Gasteiger partial charge in [0.15, 0.2) is 0 Å². The number of hydrogen-bond acceptors (Lipinski definition) is 2. The molecule has 222 valence electrons. The zero-order valence-electron chi connectivity index (χ0n) is 25.9. The molecule has 0 amide bonds. The number of ether oxygens (including phenoxy) is 1. The van der Waals surface area contributed by atoms with Crippen LogP contribution in [-0.4, -0.2) is 12.1 Å². The molecule has 0 unspecified atom stereocenters. The Balaban J connectivity index is 0.000000927. The van der Waals surface area contributed by atoms with E-state index in [9.17, 15) is 4.79 Å². The van der Waals surface area contributed by atoms with Gasteiger partial charge >= 0.3 is 5.97 Å². The predicted octanol–water partition coefficient (Wildman–Crippen LogP) is 8.77. The fraction of sp³-hybridized carbons (Fsp3) is 0.289. The van der Waals surface area contributed by atoms with Crippen molar-refractivity contribution in [2.75, 3.05) is 0 Å². The summed E-state index contributed by atoms with van der Waals surface area (Å²) in [6.45, 7) is 21.5. The van der Waals surface area contributed by atoms with Gasteiger partial charge in [-0.05, 0) is 80.7 Å². The van der Waals surface area contributed by atoms with Gasteiger partial charge in [-0.15, -0.1) is 0 Å². The van der Waals surface area contributed by atoms with Crippen LogP contribution in [0.1, 0.15) is 54.4 Å². The van der Waals surface area contributed by atoms with Gasteiger partial charge < -0.3 is 4.74 Å². The van der Waals surface area contributed by atoms with Crippen molar-refractivity contribution in [1.29, 1.82) is 0 Å². The van der Waals surface area contributed by atoms with E-state index in [1.165, 1.54) is 10.6 Å². The SMILES string of the molecule is C=C(CC(CC(=C)C(C)(C)C)OC(=O)[C]1[CH][CH][CH][C]1P(c1ccccc1)c1ccccc1)C(C)(C)C.[CH]1[CH][CH][CH][CH]1.[Fe]. The molecule has 2 aromatic rings. The van der Waals surface area contributed by atoms with Gasteiger partial charge in [-0.3, -0.25) is 4.79 Å². The van der Waals surface area contributed by atoms with E-state index < -0.39 is 7.92 Å². The molecule has 0 aromatic heterocycles. The van der Waals surface area contributed by atoms with Gasteiger partial charge in [0.2, 0.25) is 0 Å². The van der Waals surface area contributed by atoms with E-state index >= 15 is 0 Å². The molecule has 10 radical (unpaired) electrons. The van der Waals surface area contributed by atoms with E-state index in [0.29, 0.717) is 18.8 Å². The monoisotopic (exact) mass is 620 g/mol. The maximum Gasteiger partial charge on any atom is 0.314 e. The van der Waals surface area contributed by atoms with Crippen molar-refractivity contribution in [1.82, 2.24) is 0 Å². The minimum atomic E-state index is -0.894. The maximum atomic E-state index is 13.7. The van der Waals surface area contributed by atoms with Crippen molar-refractivity contribution in [3.05, 3.63) is 148 Å². The summed E-state index contributed by atoms with van der Waals surface area (Å²) in [6.07, 6.45) is 16.9. The Morgan fingerprint density at radius 3 is 1.48 bits per heavy atom. The fourth-order valence-corrected chi connectivity index (χ4v) is 6.65. The topological polar surface area (TPSA) is 26.3 Å². The normalized spacial score (nSPS) is 16.1. The van der Waals surface area contributed by atoms with E-state index in [4.69, 9.17) is 4.74 Å². The van der Waals surface area contributed by atoms with Crippen LogP contribution >= 0.6 is 7.92 Å². The first-order valence-corrected chi connectivity index (χ1v) is 15.6. The summed E-state index contributed by atoms with van der Waals surface area (Å²) < 4.78 is 6.24. The fourth-order valence-electron chi connectivity index (χ4n) is 4.21. The maximum absolute atomic E-state index is 13.7. The zero-order chi connectivity index (χ0) is 30.0. The molecular weight excluding hydrogens is 575 g/mol. The molecule has 2 fully saturated rings. The van der Waals surface area contributed by atoms with Crippen LogP contribution in [0.4, 0.5) is 0 Å². The van der Waals surface area contributed by atoms with Gasteiger partial charge in [0.05, 0.1) is 0 Å². The Hall–Kier alpha value is -1.66. The van der Waals surface area contributed by atoms with E-state index in [1.54, 1.807) is 0 Å². The molecule has 0 N–H and O–H groups in total.